The molecule has 0 aromatic carbocycles. The van der Waals surface area contributed by atoms with E-state index in [-0.39, 0.29) is 17.1 Å². The summed E-state index contributed by atoms with van der Waals surface area (Å²) in [4.78, 5) is 19.6. The van der Waals surface area contributed by atoms with Crippen molar-refractivity contribution in [3.05, 3.63) is 24.3 Å². The van der Waals surface area contributed by atoms with E-state index in [1.807, 2.05) is 6.92 Å². The molecular formula is C11H16N2O. The van der Waals surface area contributed by atoms with Crippen LogP contribution >= 0.6 is 0 Å². The third-order valence-corrected chi connectivity index (χ3v) is 2.54. The van der Waals surface area contributed by atoms with Gasteiger partial charge in [-0.1, -0.05) is 27.7 Å². The Morgan fingerprint density at radius 3 is 2.21 bits per heavy atom. The molecule has 1 heterocycles. The molecule has 0 aliphatic rings. The van der Waals surface area contributed by atoms with Crippen molar-refractivity contribution >= 4 is 5.78 Å². The van der Waals surface area contributed by atoms with Crippen LogP contribution in [0.3, 0.4) is 0 Å². The molecule has 1 aromatic heterocycles. The van der Waals surface area contributed by atoms with Gasteiger partial charge < -0.3 is 0 Å². The zero-order valence-electron chi connectivity index (χ0n) is 9.11. The maximum absolute atomic E-state index is 11.9. The van der Waals surface area contributed by atoms with Crippen molar-refractivity contribution in [1.29, 1.82) is 0 Å². The Kier molecular flexibility index (Phi) is 2.99. The zero-order valence-corrected chi connectivity index (χ0v) is 9.11. The summed E-state index contributed by atoms with van der Waals surface area (Å²) < 4.78 is 0. The van der Waals surface area contributed by atoms with Crippen LogP contribution in [0, 0.1) is 11.3 Å². The van der Waals surface area contributed by atoms with Crippen LogP contribution in [0.15, 0.2) is 18.7 Å². The van der Waals surface area contributed by atoms with Gasteiger partial charge in [-0.2, -0.15) is 0 Å². The number of nitrogens with zero attached hydrogens (tertiary/aromatic N) is 2. The summed E-state index contributed by atoms with van der Waals surface area (Å²) in [5.41, 5.74) is 0.572. The van der Waals surface area contributed by atoms with Gasteiger partial charge in [-0.05, 0) is 5.41 Å². The summed E-state index contributed by atoms with van der Waals surface area (Å²) in [5, 5.41) is 0. The van der Waals surface area contributed by atoms with Crippen molar-refractivity contribution < 1.29 is 4.79 Å². The van der Waals surface area contributed by atoms with E-state index < -0.39 is 0 Å². The van der Waals surface area contributed by atoms with Gasteiger partial charge in [0.2, 0.25) is 0 Å². The van der Waals surface area contributed by atoms with Gasteiger partial charge >= 0.3 is 0 Å². The summed E-state index contributed by atoms with van der Waals surface area (Å²) in [5.74, 6) is 0.0894. The number of carbonyl (C=O) groups is 1. The molecule has 3 nitrogen and oxygen atoms in total. The molecule has 1 aromatic rings. The second-order valence-corrected chi connectivity index (χ2v) is 4.58. The average molecular weight is 192 g/mol. The van der Waals surface area contributed by atoms with Gasteiger partial charge in [-0.3, -0.25) is 4.79 Å². The topological polar surface area (TPSA) is 42.9 Å². The van der Waals surface area contributed by atoms with Gasteiger partial charge in [-0.15, -0.1) is 0 Å². The van der Waals surface area contributed by atoms with Crippen LogP contribution in [0.5, 0.6) is 0 Å². The first-order valence-corrected chi connectivity index (χ1v) is 4.72. The highest BCUT2D eigenvalue weighted by Gasteiger charge is 2.27. The van der Waals surface area contributed by atoms with E-state index in [1.54, 1.807) is 12.4 Å². The molecule has 0 bridgehead atoms. The molecule has 0 aliphatic carbocycles. The molecule has 1 atom stereocenters. The van der Waals surface area contributed by atoms with Crippen molar-refractivity contribution in [1.82, 2.24) is 9.97 Å². The summed E-state index contributed by atoms with van der Waals surface area (Å²) in [6.07, 6.45) is 4.56. The third kappa shape index (κ3) is 2.37. The Morgan fingerprint density at radius 2 is 1.79 bits per heavy atom. The molecule has 0 aliphatic heterocycles. The number of aromatic nitrogens is 2. The molecule has 0 amide bonds. The van der Waals surface area contributed by atoms with Crippen LogP contribution < -0.4 is 0 Å². The highest BCUT2D eigenvalue weighted by molar-refractivity contribution is 5.97. The third-order valence-electron chi connectivity index (χ3n) is 2.54. The highest BCUT2D eigenvalue weighted by Crippen LogP contribution is 2.27. The first-order chi connectivity index (χ1) is 6.43. The van der Waals surface area contributed by atoms with E-state index in [2.05, 4.69) is 30.7 Å². The fraction of sp³-hybridized carbons (Fsp3) is 0.545. The van der Waals surface area contributed by atoms with Crippen LogP contribution in [0.1, 0.15) is 38.1 Å². The lowest BCUT2D eigenvalue weighted by atomic mass is 9.78. The number of hydrogen-bond donors (Lipinski definition) is 0. The molecule has 0 saturated carbocycles. The zero-order chi connectivity index (χ0) is 10.8. The largest absolute Gasteiger partial charge is 0.294 e. The van der Waals surface area contributed by atoms with Crippen LogP contribution in [0.2, 0.25) is 0 Å². The van der Waals surface area contributed by atoms with Crippen molar-refractivity contribution in [2.45, 2.75) is 27.7 Å². The van der Waals surface area contributed by atoms with Crippen molar-refractivity contribution in [3.63, 3.8) is 0 Å². The maximum Gasteiger partial charge on any atom is 0.169 e. The van der Waals surface area contributed by atoms with Gasteiger partial charge in [0.1, 0.15) is 6.33 Å². The predicted molar refractivity (Wildman–Crippen MR) is 55.0 cm³/mol. The van der Waals surface area contributed by atoms with E-state index in [4.69, 9.17) is 0 Å². The Morgan fingerprint density at radius 1 is 1.29 bits per heavy atom. The standard InChI is InChI=1S/C11H16N2O/c1-8(11(2,3)4)10(14)9-5-12-7-13-6-9/h5-8H,1-4H3. The van der Waals surface area contributed by atoms with Crippen LogP contribution in [-0.4, -0.2) is 15.8 Å². The first-order valence-electron chi connectivity index (χ1n) is 4.72. The lowest BCUT2D eigenvalue weighted by Crippen LogP contribution is -2.26. The molecular weight excluding hydrogens is 176 g/mol. The Hall–Kier alpha value is -1.25. The number of rotatable bonds is 2. The fourth-order valence-electron chi connectivity index (χ4n) is 1.07. The lowest BCUT2D eigenvalue weighted by Gasteiger charge is -2.25. The molecule has 1 unspecified atom stereocenters. The quantitative estimate of drug-likeness (QED) is 0.675. The normalized spacial score (nSPS) is 13.7. The van der Waals surface area contributed by atoms with E-state index in [0.717, 1.165) is 0 Å². The fourth-order valence-corrected chi connectivity index (χ4v) is 1.07. The minimum Gasteiger partial charge on any atom is -0.294 e. The summed E-state index contributed by atoms with van der Waals surface area (Å²) in [7, 11) is 0. The minimum atomic E-state index is -0.0209. The molecule has 0 spiro atoms. The first kappa shape index (κ1) is 10.8. The SMILES string of the molecule is CC(C(=O)c1cncnc1)C(C)(C)C. The number of carbonyl (C=O) groups excluding carboxylic acids is 1. The molecule has 76 valence electrons. The van der Waals surface area contributed by atoms with Crippen molar-refractivity contribution in [2.75, 3.05) is 0 Å². The average Bonchev–Trinajstić information content (AvgIpc) is 2.15. The van der Waals surface area contributed by atoms with E-state index in [0.29, 0.717) is 5.56 Å². The van der Waals surface area contributed by atoms with Crippen molar-refractivity contribution in [3.8, 4) is 0 Å². The second-order valence-electron chi connectivity index (χ2n) is 4.58. The summed E-state index contributed by atoms with van der Waals surface area (Å²) >= 11 is 0. The summed E-state index contributed by atoms with van der Waals surface area (Å²) in [6.45, 7) is 8.10. The Labute approximate surface area is 84.6 Å². The Balaban J connectivity index is 2.87. The lowest BCUT2D eigenvalue weighted by molar-refractivity contribution is 0.0838. The van der Waals surface area contributed by atoms with E-state index >= 15 is 0 Å². The maximum atomic E-state index is 11.9. The molecule has 0 fully saturated rings. The van der Waals surface area contributed by atoms with Crippen molar-refractivity contribution in [2.24, 2.45) is 11.3 Å². The predicted octanol–water partition coefficient (Wildman–Crippen LogP) is 2.34. The van der Waals surface area contributed by atoms with Crippen LogP contribution in [-0.2, 0) is 0 Å². The minimum absolute atomic E-state index is 0.0199. The van der Waals surface area contributed by atoms with Gasteiger partial charge in [0.15, 0.2) is 5.78 Å². The highest BCUT2D eigenvalue weighted by atomic mass is 16.1. The van der Waals surface area contributed by atoms with Gasteiger partial charge in [0.05, 0.1) is 5.56 Å². The number of hydrogen-bond acceptors (Lipinski definition) is 3. The number of Topliss-reactive ketones (excluding diaryl/α,β-unsaturated/α-hetero) is 1. The van der Waals surface area contributed by atoms with Gasteiger partial charge in [-0.25, -0.2) is 9.97 Å². The monoisotopic (exact) mass is 192 g/mol. The van der Waals surface area contributed by atoms with Crippen LogP contribution in [0.4, 0.5) is 0 Å². The molecule has 0 saturated heterocycles. The molecule has 0 radical (unpaired) electrons. The van der Waals surface area contributed by atoms with Gasteiger partial charge in [0, 0.05) is 18.3 Å². The number of ketones is 1. The van der Waals surface area contributed by atoms with Crippen LogP contribution in [0.25, 0.3) is 0 Å². The molecule has 14 heavy (non-hydrogen) atoms. The van der Waals surface area contributed by atoms with Gasteiger partial charge in [0.25, 0.3) is 0 Å². The smallest absolute Gasteiger partial charge is 0.169 e. The molecule has 1 rings (SSSR count). The van der Waals surface area contributed by atoms with E-state index in [9.17, 15) is 4.79 Å². The van der Waals surface area contributed by atoms with E-state index in [1.165, 1.54) is 6.33 Å². The Bertz CT molecular complexity index is 314. The molecule has 0 N–H and O–H groups in total. The summed E-state index contributed by atoms with van der Waals surface area (Å²) in [6, 6.07) is 0. The molecule has 3 heteroatoms. The second kappa shape index (κ2) is 3.86.